The van der Waals surface area contributed by atoms with E-state index in [-0.39, 0.29) is 5.54 Å². The number of nitrogens with one attached hydrogen (secondary N) is 1. The largest absolute Gasteiger partial charge is 0.462 e. The molecule has 1 rings (SSSR count). The predicted molar refractivity (Wildman–Crippen MR) is 80.7 cm³/mol. The number of hydrogen-bond donors (Lipinski definition) is 1. The summed E-state index contributed by atoms with van der Waals surface area (Å²) in [6.45, 7) is 11.9. The highest BCUT2D eigenvalue weighted by Gasteiger charge is 2.10. The maximum absolute atomic E-state index is 5.70. The van der Waals surface area contributed by atoms with E-state index in [1.807, 2.05) is 12.1 Å². The molecule has 0 aliphatic heterocycles. The zero-order valence-corrected chi connectivity index (χ0v) is 13.3. The van der Waals surface area contributed by atoms with E-state index < -0.39 is 0 Å². The van der Waals surface area contributed by atoms with Crippen molar-refractivity contribution in [2.45, 2.75) is 59.2 Å². The molecule has 1 aromatic rings. The first-order valence-corrected chi connectivity index (χ1v) is 7.49. The third-order valence-corrected chi connectivity index (χ3v) is 2.77. The molecule has 0 unspecified atom stereocenters. The van der Waals surface area contributed by atoms with Crippen LogP contribution in [0.2, 0.25) is 0 Å². The van der Waals surface area contributed by atoms with Crippen LogP contribution in [-0.2, 0) is 22.6 Å². The van der Waals surface area contributed by atoms with Gasteiger partial charge in [-0.3, -0.25) is 0 Å². The Kier molecular flexibility index (Phi) is 7.88. The molecule has 1 aromatic heterocycles. The van der Waals surface area contributed by atoms with Crippen LogP contribution in [0.1, 0.15) is 52.1 Å². The molecule has 0 saturated heterocycles. The normalized spacial score (nSPS) is 12.0. The summed E-state index contributed by atoms with van der Waals surface area (Å²) >= 11 is 0. The van der Waals surface area contributed by atoms with E-state index in [2.05, 4.69) is 33.0 Å². The highest BCUT2D eigenvalue weighted by atomic mass is 16.5. The molecule has 20 heavy (non-hydrogen) atoms. The monoisotopic (exact) mass is 283 g/mol. The molecule has 0 bridgehead atoms. The first-order valence-electron chi connectivity index (χ1n) is 7.49. The van der Waals surface area contributed by atoms with Gasteiger partial charge in [-0.15, -0.1) is 0 Å². The SMILES string of the molecule is CCCCOCCOCc1ccc(CNC(C)(C)C)o1. The second kappa shape index (κ2) is 9.16. The van der Waals surface area contributed by atoms with E-state index in [1.54, 1.807) is 0 Å². The van der Waals surface area contributed by atoms with Gasteiger partial charge in [-0.1, -0.05) is 13.3 Å². The summed E-state index contributed by atoms with van der Waals surface area (Å²) in [5.74, 6) is 1.81. The first-order chi connectivity index (χ1) is 9.51. The third-order valence-electron chi connectivity index (χ3n) is 2.77. The van der Waals surface area contributed by atoms with Gasteiger partial charge >= 0.3 is 0 Å². The van der Waals surface area contributed by atoms with Crippen molar-refractivity contribution in [3.63, 3.8) is 0 Å². The first kappa shape index (κ1) is 17.2. The molecule has 0 fully saturated rings. The van der Waals surface area contributed by atoms with Gasteiger partial charge < -0.3 is 19.2 Å². The summed E-state index contributed by atoms with van der Waals surface area (Å²) in [6.07, 6.45) is 2.28. The van der Waals surface area contributed by atoms with Crippen LogP contribution in [0.15, 0.2) is 16.5 Å². The molecular formula is C16H29NO3. The molecule has 0 amide bonds. The van der Waals surface area contributed by atoms with Crippen LogP contribution in [0.4, 0.5) is 0 Å². The molecule has 4 nitrogen and oxygen atoms in total. The topological polar surface area (TPSA) is 43.6 Å². The molecule has 0 atom stereocenters. The predicted octanol–water partition coefficient (Wildman–Crippen LogP) is 3.50. The third kappa shape index (κ3) is 8.35. The highest BCUT2D eigenvalue weighted by Crippen LogP contribution is 2.10. The Hall–Kier alpha value is -0.840. The van der Waals surface area contributed by atoms with Crippen LogP contribution >= 0.6 is 0 Å². The zero-order valence-electron chi connectivity index (χ0n) is 13.3. The lowest BCUT2D eigenvalue weighted by Gasteiger charge is -2.19. The number of unbranched alkanes of at least 4 members (excludes halogenated alkanes) is 1. The van der Waals surface area contributed by atoms with Gasteiger partial charge in [-0.2, -0.15) is 0 Å². The van der Waals surface area contributed by atoms with Crippen molar-refractivity contribution in [3.8, 4) is 0 Å². The van der Waals surface area contributed by atoms with Gasteiger partial charge in [-0.25, -0.2) is 0 Å². The van der Waals surface area contributed by atoms with Crippen molar-refractivity contribution >= 4 is 0 Å². The Morgan fingerprint density at radius 1 is 1.05 bits per heavy atom. The molecule has 0 radical (unpaired) electrons. The summed E-state index contributed by atoms with van der Waals surface area (Å²) in [5.41, 5.74) is 0.0965. The number of furan rings is 1. The van der Waals surface area contributed by atoms with Gasteiger partial charge in [-0.05, 0) is 39.3 Å². The van der Waals surface area contributed by atoms with Gasteiger partial charge in [0, 0.05) is 12.1 Å². The maximum Gasteiger partial charge on any atom is 0.129 e. The number of ether oxygens (including phenoxy) is 2. The molecular weight excluding hydrogens is 254 g/mol. The van der Waals surface area contributed by atoms with Crippen molar-refractivity contribution < 1.29 is 13.9 Å². The fourth-order valence-corrected chi connectivity index (χ4v) is 1.59. The Bertz CT molecular complexity index is 355. The van der Waals surface area contributed by atoms with Crippen molar-refractivity contribution in [2.24, 2.45) is 0 Å². The van der Waals surface area contributed by atoms with Gasteiger partial charge in [0.25, 0.3) is 0 Å². The molecule has 0 aliphatic carbocycles. The standard InChI is InChI=1S/C16H29NO3/c1-5-6-9-18-10-11-19-13-15-8-7-14(20-15)12-17-16(2,3)4/h7-8,17H,5-6,9-13H2,1-4H3. The van der Waals surface area contributed by atoms with Crippen molar-refractivity contribution in [1.29, 1.82) is 0 Å². The molecule has 1 N–H and O–H groups in total. The van der Waals surface area contributed by atoms with Gasteiger partial charge in [0.2, 0.25) is 0 Å². The lowest BCUT2D eigenvalue weighted by atomic mass is 10.1. The Morgan fingerprint density at radius 2 is 1.75 bits per heavy atom. The Labute approximate surface area is 122 Å². The summed E-state index contributed by atoms with van der Waals surface area (Å²) in [5, 5.41) is 3.39. The maximum atomic E-state index is 5.70. The molecule has 0 spiro atoms. The molecule has 0 saturated carbocycles. The second-order valence-electron chi connectivity index (χ2n) is 5.99. The van der Waals surface area contributed by atoms with E-state index in [4.69, 9.17) is 13.9 Å². The van der Waals surface area contributed by atoms with Crippen molar-refractivity contribution in [3.05, 3.63) is 23.7 Å². The van der Waals surface area contributed by atoms with E-state index in [1.165, 1.54) is 6.42 Å². The van der Waals surface area contributed by atoms with E-state index >= 15 is 0 Å². The molecule has 0 aromatic carbocycles. The average Bonchev–Trinajstić information content (AvgIpc) is 2.82. The summed E-state index contributed by atoms with van der Waals surface area (Å²) in [4.78, 5) is 0. The quantitative estimate of drug-likeness (QED) is 0.667. The van der Waals surface area contributed by atoms with Crippen LogP contribution in [0.5, 0.6) is 0 Å². The molecule has 4 heteroatoms. The van der Waals surface area contributed by atoms with E-state index in [0.29, 0.717) is 19.8 Å². The lowest BCUT2D eigenvalue weighted by Crippen LogP contribution is -2.34. The molecule has 1 heterocycles. The Morgan fingerprint density at radius 3 is 2.45 bits per heavy atom. The second-order valence-corrected chi connectivity index (χ2v) is 5.99. The molecule has 0 aliphatic rings. The van der Waals surface area contributed by atoms with Gasteiger partial charge in [0.1, 0.15) is 18.1 Å². The van der Waals surface area contributed by atoms with Crippen molar-refractivity contribution in [1.82, 2.24) is 5.32 Å². The number of rotatable bonds is 10. The minimum atomic E-state index is 0.0965. The molecule has 116 valence electrons. The van der Waals surface area contributed by atoms with Crippen LogP contribution in [-0.4, -0.2) is 25.4 Å². The van der Waals surface area contributed by atoms with Crippen molar-refractivity contribution in [2.75, 3.05) is 19.8 Å². The van der Waals surface area contributed by atoms with Crippen LogP contribution in [0, 0.1) is 0 Å². The van der Waals surface area contributed by atoms with Crippen LogP contribution in [0.3, 0.4) is 0 Å². The minimum absolute atomic E-state index is 0.0965. The summed E-state index contributed by atoms with van der Waals surface area (Å²) in [6, 6.07) is 3.97. The average molecular weight is 283 g/mol. The van der Waals surface area contributed by atoms with Crippen LogP contribution in [0.25, 0.3) is 0 Å². The Balaban J connectivity index is 2.11. The summed E-state index contributed by atoms with van der Waals surface area (Å²) < 4.78 is 16.6. The smallest absolute Gasteiger partial charge is 0.129 e. The van der Waals surface area contributed by atoms with E-state index in [9.17, 15) is 0 Å². The van der Waals surface area contributed by atoms with Gasteiger partial charge in [0.15, 0.2) is 0 Å². The lowest BCUT2D eigenvalue weighted by molar-refractivity contribution is 0.0336. The van der Waals surface area contributed by atoms with Gasteiger partial charge in [0.05, 0.1) is 19.8 Å². The minimum Gasteiger partial charge on any atom is -0.462 e. The fraction of sp³-hybridized carbons (Fsp3) is 0.750. The fourth-order valence-electron chi connectivity index (χ4n) is 1.59. The number of hydrogen-bond acceptors (Lipinski definition) is 4. The van der Waals surface area contributed by atoms with Crippen LogP contribution < -0.4 is 5.32 Å². The zero-order chi connectivity index (χ0) is 14.8. The van der Waals surface area contributed by atoms with E-state index in [0.717, 1.165) is 31.1 Å². The summed E-state index contributed by atoms with van der Waals surface area (Å²) in [7, 11) is 0. The highest BCUT2D eigenvalue weighted by molar-refractivity contribution is 5.06.